The van der Waals surface area contributed by atoms with Crippen molar-refractivity contribution in [1.29, 1.82) is 0 Å². The number of aryl methyl sites for hydroxylation is 1. The summed E-state index contributed by atoms with van der Waals surface area (Å²) in [5, 5.41) is 4.25. The highest BCUT2D eigenvalue weighted by Crippen LogP contribution is 2.16. The molecule has 0 bridgehead atoms. The van der Waals surface area contributed by atoms with Crippen molar-refractivity contribution in [3.63, 3.8) is 0 Å². The third-order valence-corrected chi connectivity index (χ3v) is 3.31. The molecule has 1 heterocycles. The lowest BCUT2D eigenvalue weighted by atomic mass is 10.1. The summed E-state index contributed by atoms with van der Waals surface area (Å²) in [7, 11) is 0. The second-order valence-electron chi connectivity index (χ2n) is 4.37. The molecule has 18 heavy (non-hydrogen) atoms. The number of nitrogens with zero attached hydrogens (tertiary/aromatic N) is 1. The van der Waals surface area contributed by atoms with Crippen LogP contribution < -0.4 is 5.32 Å². The highest BCUT2D eigenvalue weighted by atomic mass is 35.5. The van der Waals surface area contributed by atoms with Gasteiger partial charge in [0, 0.05) is 24.0 Å². The van der Waals surface area contributed by atoms with E-state index in [1.54, 1.807) is 0 Å². The van der Waals surface area contributed by atoms with Gasteiger partial charge in [-0.15, -0.1) is 0 Å². The van der Waals surface area contributed by atoms with Gasteiger partial charge in [0.2, 0.25) is 0 Å². The van der Waals surface area contributed by atoms with Crippen LogP contribution in [0.2, 0.25) is 5.02 Å². The van der Waals surface area contributed by atoms with E-state index in [0.717, 1.165) is 30.1 Å². The lowest BCUT2D eigenvalue weighted by Gasteiger charge is -2.06. The number of hydrogen-bond acceptors (Lipinski definition) is 2. The molecule has 0 aliphatic carbocycles. The fourth-order valence-corrected chi connectivity index (χ4v) is 1.96. The first-order valence-corrected chi connectivity index (χ1v) is 6.48. The van der Waals surface area contributed by atoms with Crippen molar-refractivity contribution >= 4 is 11.6 Å². The van der Waals surface area contributed by atoms with Gasteiger partial charge in [0.25, 0.3) is 0 Å². The monoisotopic (exact) mass is 260 g/mol. The SMILES string of the molecule is Cc1ccc(CNCCc2ccncc2)cc1Cl. The van der Waals surface area contributed by atoms with E-state index in [1.807, 2.05) is 37.5 Å². The Morgan fingerprint density at radius 2 is 1.89 bits per heavy atom. The molecule has 0 radical (unpaired) electrons. The Hall–Kier alpha value is -1.38. The van der Waals surface area contributed by atoms with Crippen LogP contribution in [0.15, 0.2) is 42.7 Å². The van der Waals surface area contributed by atoms with Gasteiger partial charge in [-0.1, -0.05) is 23.7 Å². The van der Waals surface area contributed by atoms with Crippen molar-refractivity contribution in [3.8, 4) is 0 Å². The van der Waals surface area contributed by atoms with Crippen molar-refractivity contribution in [2.45, 2.75) is 19.9 Å². The number of halogens is 1. The molecule has 1 aromatic carbocycles. The van der Waals surface area contributed by atoms with Gasteiger partial charge in [-0.3, -0.25) is 4.98 Å². The Labute approximate surface area is 113 Å². The summed E-state index contributed by atoms with van der Waals surface area (Å²) in [4.78, 5) is 4.00. The number of benzene rings is 1. The molecule has 2 nitrogen and oxygen atoms in total. The van der Waals surface area contributed by atoms with Crippen molar-refractivity contribution in [1.82, 2.24) is 10.3 Å². The first-order chi connectivity index (χ1) is 8.75. The Balaban J connectivity index is 1.77. The van der Waals surface area contributed by atoms with Crippen LogP contribution in [0.1, 0.15) is 16.7 Å². The second-order valence-corrected chi connectivity index (χ2v) is 4.77. The fourth-order valence-electron chi connectivity index (χ4n) is 1.76. The van der Waals surface area contributed by atoms with Gasteiger partial charge in [0.05, 0.1) is 0 Å². The van der Waals surface area contributed by atoms with Crippen LogP contribution in [0.5, 0.6) is 0 Å². The predicted octanol–water partition coefficient (Wildman–Crippen LogP) is 3.38. The smallest absolute Gasteiger partial charge is 0.0438 e. The summed E-state index contributed by atoms with van der Waals surface area (Å²) in [5.41, 5.74) is 3.65. The van der Waals surface area contributed by atoms with Gasteiger partial charge in [-0.25, -0.2) is 0 Å². The Morgan fingerprint density at radius 1 is 1.11 bits per heavy atom. The molecule has 0 atom stereocenters. The van der Waals surface area contributed by atoms with E-state index in [9.17, 15) is 0 Å². The van der Waals surface area contributed by atoms with Gasteiger partial charge in [-0.2, -0.15) is 0 Å². The van der Waals surface area contributed by atoms with E-state index in [0.29, 0.717) is 0 Å². The molecule has 2 rings (SSSR count). The number of rotatable bonds is 5. The van der Waals surface area contributed by atoms with Gasteiger partial charge >= 0.3 is 0 Å². The average molecular weight is 261 g/mol. The summed E-state index contributed by atoms with van der Waals surface area (Å²) >= 11 is 6.09. The minimum absolute atomic E-state index is 0.837. The Bertz CT molecular complexity index is 497. The molecule has 0 fully saturated rings. The van der Waals surface area contributed by atoms with Crippen LogP contribution in [-0.2, 0) is 13.0 Å². The lowest BCUT2D eigenvalue weighted by molar-refractivity contribution is 0.686. The maximum atomic E-state index is 6.09. The molecule has 0 saturated carbocycles. The number of aromatic nitrogens is 1. The zero-order valence-corrected chi connectivity index (χ0v) is 11.2. The zero-order chi connectivity index (χ0) is 12.8. The fraction of sp³-hybridized carbons (Fsp3) is 0.267. The van der Waals surface area contributed by atoms with Gasteiger partial charge in [0.15, 0.2) is 0 Å². The highest BCUT2D eigenvalue weighted by molar-refractivity contribution is 6.31. The molecule has 2 aromatic rings. The molecule has 0 saturated heterocycles. The topological polar surface area (TPSA) is 24.9 Å². The van der Waals surface area contributed by atoms with Crippen LogP contribution in [0.3, 0.4) is 0 Å². The van der Waals surface area contributed by atoms with E-state index in [2.05, 4.69) is 22.4 Å². The van der Waals surface area contributed by atoms with Crippen molar-refractivity contribution in [3.05, 3.63) is 64.4 Å². The highest BCUT2D eigenvalue weighted by Gasteiger charge is 1.98. The molecular weight excluding hydrogens is 244 g/mol. The van der Waals surface area contributed by atoms with Gasteiger partial charge < -0.3 is 5.32 Å². The molecule has 1 aromatic heterocycles. The first-order valence-electron chi connectivity index (χ1n) is 6.10. The molecule has 0 spiro atoms. The maximum Gasteiger partial charge on any atom is 0.0438 e. The molecule has 0 aliphatic rings. The third-order valence-electron chi connectivity index (χ3n) is 2.91. The largest absolute Gasteiger partial charge is 0.312 e. The number of nitrogens with one attached hydrogen (secondary N) is 1. The molecule has 0 aliphatic heterocycles. The summed E-state index contributed by atoms with van der Waals surface area (Å²) in [6.07, 6.45) is 4.67. The molecule has 1 N–H and O–H groups in total. The Morgan fingerprint density at radius 3 is 2.61 bits per heavy atom. The standard InChI is InChI=1S/C15H17ClN2/c1-12-2-3-14(10-15(12)16)11-18-9-6-13-4-7-17-8-5-13/h2-5,7-8,10,18H,6,9,11H2,1H3. The summed E-state index contributed by atoms with van der Waals surface area (Å²) in [5.74, 6) is 0. The lowest BCUT2D eigenvalue weighted by Crippen LogP contribution is -2.16. The Kier molecular flexibility index (Phi) is 4.73. The maximum absolute atomic E-state index is 6.09. The average Bonchev–Trinajstić information content (AvgIpc) is 2.40. The van der Waals surface area contributed by atoms with Crippen LogP contribution in [0.4, 0.5) is 0 Å². The molecular formula is C15H17ClN2. The van der Waals surface area contributed by atoms with Crippen molar-refractivity contribution < 1.29 is 0 Å². The van der Waals surface area contributed by atoms with Crippen molar-refractivity contribution in [2.24, 2.45) is 0 Å². The first kappa shape index (κ1) is 13.1. The van der Waals surface area contributed by atoms with E-state index in [1.165, 1.54) is 11.1 Å². The minimum atomic E-state index is 0.837. The van der Waals surface area contributed by atoms with E-state index in [4.69, 9.17) is 11.6 Å². The minimum Gasteiger partial charge on any atom is -0.312 e. The zero-order valence-electron chi connectivity index (χ0n) is 10.5. The van der Waals surface area contributed by atoms with Crippen LogP contribution >= 0.6 is 11.6 Å². The van der Waals surface area contributed by atoms with Crippen LogP contribution in [-0.4, -0.2) is 11.5 Å². The van der Waals surface area contributed by atoms with E-state index in [-0.39, 0.29) is 0 Å². The number of pyridine rings is 1. The third kappa shape index (κ3) is 3.83. The van der Waals surface area contributed by atoms with Gasteiger partial charge in [-0.05, 0) is 54.8 Å². The quantitative estimate of drug-likeness (QED) is 0.834. The van der Waals surface area contributed by atoms with Crippen molar-refractivity contribution in [2.75, 3.05) is 6.54 Å². The molecule has 3 heteroatoms. The normalized spacial score (nSPS) is 10.6. The van der Waals surface area contributed by atoms with E-state index >= 15 is 0 Å². The van der Waals surface area contributed by atoms with Crippen LogP contribution in [0.25, 0.3) is 0 Å². The predicted molar refractivity (Wildman–Crippen MR) is 75.8 cm³/mol. The van der Waals surface area contributed by atoms with Gasteiger partial charge in [0.1, 0.15) is 0 Å². The second kappa shape index (κ2) is 6.53. The number of hydrogen-bond donors (Lipinski definition) is 1. The summed E-state index contributed by atoms with van der Waals surface area (Å²) in [6.45, 7) is 3.82. The molecule has 0 amide bonds. The van der Waals surface area contributed by atoms with Crippen LogP contribution in [0, 0.1) is 6.92 Å². The van der Waals surface area contributed by atoms with E-state index < -0.39 is 0 Å². The summed E-state index contributed by atoms with van der Waals surface area (Å²) in [6, 6.07) is 10.3. The molecule has 94 valence electrons. The molecule has 0 unspecified atom stereocenters. The summed E-state index contributed by atoms with van der Waals surface area (Å²) < 4.78 is 0.